The smallest absolute Gasteiger partial charge is 0.212 e. The lowest BCUT2D eigenvalue weighted by molar-refractivity contribution is 0.397. The molecule has 0 amide bonds. The predicted molar refractivity (Wildman–Crippen MR) is 52.7 cm³/mol. The molecule has 0 radical (unpaired) electrons. The maximum atomic E-state index is 5.53. The number of aromatic nitrogens is 1. The third kappa shape index (κ3) is 3.03. The molecule has 0 spiro atoms. The molecule has 0 unspecified atom stereocenters. The Hall–Kier alpha value is -1.09. The average molecular weight is 180 g/mol. The summed E-state index contributed by atoms with van der Waals surface area (Å²) in [6.45, 7) is 2.84. The quantitative estimate of drug-likeness (QED) is 0.758. The summed E-state index contributed by atoms with van der Waals surface area (Å²) in [5.74, 6) is 1.17. The van der Waals surface area contributed by atoms with Crippen molar-refractivity contribution in [2.24, 2.45) is 11.7 Å². The molecule has 2 N–H and O–H groups in total. The van der Waals surface area contributed by atoms with Gasteiger partial charge in [0.2, 0.25) is 5.88 Å². The molecule has 0 saturated carbocycles. The molecule has 1 rings (SSSR count). The Labute approximate surface area is 78.9 Å². The second kappa shape index (κ2) is 4.82. The van der Waals surface area contributed by atoms with Crippen LogP contribution >= 0.6 is 0 Å². The van der Waals surface area contributed by atoms with Crippen LogP contribution in [0.5, 0.6) is 5.88 Å². The first-order valence-corrected chi connectivity index (χ1v) is 4.45. The van der Waals surface area contributed by atoms with Gasteiger partial charge in [-0.2, -0.15) is 0 Å². The summed E-state index contributed by atoms with van der Waals surface area (Å²) in [5, 5.41) is 0. The Morgan fingerprint density at radius 3 is 2.77 bits per heavy atom. The first kappa shape index (κ1) is 9.99. The van der Waals surface area contributed by atoms with Gasteiger partial charge in [-0.25, -0.2) is 4.98 Å². The normalized spacial score (nSPS) is 12.5. The first-order valence-electron chi connectivity index (χ1n) is 4.45. The number of pyridine rings is 1. The Balaban J connectivity index is 2.58. The number of rotatable bonds is 4. The van der Waals surface area contributed by atoms with E-state index in [1.54, 1.807) is 7.11 Å². The van der Waals surface area contributed by atoms with E-state index in [1.165, 1.54) is 5.56 Å². The summed E-state index contributed by atoms with van der Waals surface area (Å²) in [6.07, 6.45) is 2.82. The van der Waals surface area contributed by atoms with Crippen molar-refractivity contribution in [2.75, 3.05) is 13.7 Å². The molecule has 3 heteroatoms. The lowest BCUT2D eigenvalue weighted by Gasteiger charge is -2.07. The van der Waals surface area contributed by atoms with E-state index in [9.17, 15) is 0 Å². The first-order chi connectivity index (χ1) is 6.26. The summed E-state index contributed by atoms with van der Waals surface area (Å²) >= 11 is 0. The van der Waals surface area contributed by atoms with E-state index in [0.29, 0.717) is 18.3 Å². The van der Waals surface area contributed by atoms with Crippen LogP contribution in [0.25, 0.3) is 0 Å². The third-order valence-electron chi connectivity index (χ3n) is 1.99. The topological polar surface area (TPSA) is 48.1 Å². The minimum atomic E-state index is 0.509. The fraction of sp³-hybridized carbons (Fsp3) is 0.500. The zero-order chi connectivity index (χ0) is 9.68. The van der Waals surface area contributed by atoms with Crippen LogP contribution in [-0.2, 0) is 6.42 Å². The molecule has 0 aliphatic heterocycles. The Bertz CT molecular complexity index is 246. The van der Waals surface area contributed by atoms with Crippen molar-refractivity contribution in [3.63, 3.8) is 0 Å². The molecular formula is C10H16N2O. The van der Waals surface area contributed by atoms with E-state index in [4.69, 9.17) is 10.5 Å². The molecule has 0 fully saturated rings. The van der Waals surface area contributed by atoms with Gasteiger partial charge in [0.25, 0.3) is 0 Å². The van der Waals surface area contributed by atoms with Gasteiger partial charge in [0.15, 0.2) is 0 Å². The highest BCUT2D eigenvalue weighted by molar-refractivity contribution is 5.18. The fourth-order valence-electron chi connectivity index (χ4n) is 1.14. The number of hydrogen-bond acceptors (Lipinski definition) is 3. The highest BCUT2D eigenvalue weighted by Gasteiger charge is 2.01. The maximum Gasteiger partial charge on any atom is 0.212 e. The number of nitrogens with two attached hydrogens (primary N) is 1. The van der Waals surface area contributed by atoms with Gasteiger partial charge in [0, 0.05) is 12.3 Å². The zero-order valence-corrected chi connectivity index (χ0v) is 8.16. The van der Waals surface area contributed by atoms with E-state index < -0.39 is 0 Å². The van der Waals surface area contributed by atoms with Gasteiger partial charge < -0.3 is 10.5 Å². The molecule has 1 aromatic rings. The lowest BCUT2D eigenvalue weighted by atomic mass is 10.0. The molecule has 3 nitrogen and oxygen atoms in total. The number of hydrogen-bond donors (Lipinski definition) is 1. The molecule has 0 aliphatic carbocycles. The molecule has 0 bridgehead atoms. The Morgan fingerprint density at radius 2 is 2.31 bits per heavy atom. The molecule has 72 valence electrons. The van der Waals surface area contributed by atoms with E-state index in [0.717, 1.165) is 6.42 Å². The van der Waals surface area contributed by atoms with Crippen LogP contribution < -0.4 is 10.5 Å². The third-order valence-corrected chi connectivity index (χ3v) is 1.99. The van der Waals surface area contributed by atoms with Crippen LogP contribution in [0.4, 0.5) is 0 Å². The molecule has 1 aromatic heterocycles. The van der Waals surface area contributed by atoms with Crippen molar-refractivity contribution in [3.8, 4) is 5.88 Å². The monoisotopic (exact) mass is 180 g/mol. The van der Waals surface area contributed by atoms with Gasteiger partial charge in [-0.1, -0.05) is 13.0 Å². The molecule has 0 aliphatic rings. The minimum Gasteiger partial charge on any atom is -0.481 e. The highest BCUT2D eigenvalue weighted by atomic mass is 16.5. The van der Waals surface area contributed by atoms with Crippen molar-refractivity contribution in [1.29, 1.82) is 0 Å². The predicted octanol–water partition coefficient (Wildman–Crippen LogP) is 1.23. The second-order valence-corrected chi connectivity index (χ2v) is 3.25. The standard InChI is InChI=1S/C10H16N2O/c1-8(6-11)5-9-3-4-10(13-2)12-7-9/h3-4,7-8H,5-6,11H2,1-2H3/t8-/m1/s1. The lowest BCUT2D eigenvalue weighted by Crippen LogP contribution is -2.13. The Kier molecular flexibility index (Phi) is 3.71. The fourth-order valence-corrected chi connectivity index (χ4v) is 1.14. The number of nitrogens with zero attached hydrogens (tertiary/aromatic N) is 1. The van der Waals surface area contributed by atoms with Crippen LogP contribution in [-0.4, -0.2) is 18.6 Å². The number of ether oxygens (including phenoxy) is 1. The van der Waals surface area contributed by atoms with Crippen LogP contribution in [0.15, 0.2) is 18.3 Å². The van der Waals surface area contributed by atoms with Gasteiger partial charge in [-0.05, 0) is 24.4 Å². The van der Waals surface area contributed by atoms with Crippen molar-refractivity contribution < 1.29 is 4.74 Å². The van der Waals surface area contributed by atoms with Crippen molar-refractivity contribution in [1.82, 2.24) is 4.98 Å². The van der Waals surface area contributed by atoms with Crippen molar-refractivity contribution >= 4 is 0 Å². The maximum absolute atomic E-state index is 5.53. The Morgan fingerprint density at radius 1 is 1.54 bits per heavy atom. The van der Waals surface area contributed by atoms with Gasteiger partial charge in [0.1, 0.15) is 0 Å². The van der Waals surface area contributed by atoms with Gasteiger partial charge >= 0.3 is 0 Å². The van der Waals surface area contributed by atoms with Crippen LogP contribution in [0.3, 0.4) is 0 Å². The van der Waals surface area contributed by atoms with Crippen LogP contribution in [0.1, 0.15) is 12.5 Å². The van der Waals surface area contributed by atoms with Gasteiger partial charge in [-0.15, -0.1) is 0 Å². The molecular weight excluding hydrogens is 164 g/mol. The van der Waals surface area contributed by atoms with Gasteiger partial charge in [-0.3, -0.25) is 0 Å². The summed E-state index contributed by atoms with van der Waals surface area (Å²) < 4.78 is 4.96. The molecule has 0 aromatic carbocycles. The van der Waals surface area contributed by atoms with Crippen LogP contribution in [0, 0.1) is 5.92 Å². The second-order valence-electron chi connectivity index (χ2n) is 3.25. The van der Waals surface area contributed by atoms with E-state index in [2.05, 4.69) is 11.9 Å². The molecule has 0 saturated heterocycles. The van der Waals surface area contributed by atoms with E-state index in [-0.39, 0.29) is 0 Å². The number of methoxy groups -OCH3 is 1. The summed E-state index contributed by atoms with van der Waals surface area (Å²) in [4.78, 5) is 4.12. The van der Waals surface area contributed by atoms with Crippen LogP contribution in [0.2, 0.25) is 0 Å². The zero-order valence-electron chi connectivity index (χ0n) is 8.16. The van der Waals surface area contributed by atoms with Gasteiger partial charge in [0.05, 0.1) is 7.11 Å². The molecule has 1 atom stereocenters. The average Bonchev–Trinajstić information content (AvgIpc) is 2.19. The van der Waals surface area contributed by atoms with E-state index >= 15 is 0 Å². The SMILES string of the molecule is COc1ccc(C[C@@H](C)CN)cn1. The van der Waals surface area contributed by atoms with Crippen molar-refractivity contribution in [3.05, 3.63) is 23.9 Å². The molecule has 13 heavy (non-hydrogen) atoms. The highest BCUT2D eigenvalue weighted by Crippen LogP contribution is 2.10. The summed E-state index contributed by atoms with van der Waals surface area (Å²) in [5.41, 5.74) is 6.74. The largest absolute Gasteiger partial charge is 0.481 e. The molecule has 1 heterocycles. The summed E-state index contributed by atoms with van der Waals surface area (Å²) in [7, 11) is 1.62. The minimum absolute atomic E-state index is 0.509. The summed E-state index contributed by atoms with van der Waals surface area (Å²) in [6, 6.07) is 3.90. The van der Waals surface area contributed by atoms with Crippen molar-refractivity contribution in [2.45, 2.75) is 13.3 Å². The van der Waals surface area contributed by atoms with E-state index in [1.807, 2.05) is 18.3 Å².